The predicted octanol–water partition coefficient (Wildman–Crippen LogP) is -2.07. The molecule has 0 bridgehead atoms. The van der Waals surface area contributed by atoms with E-state index in [1.807, 2.05) is 19.9 Å². The van der Waals surface area contributed by atoms with Crippen molar-refractivity contribution < 1.29 is 28.9 Å². The van der Waals surface area contributed by atoms with Crippen molar-refractivity contribution in [3.8, 4) is 11.5 Å². The second-order valence-corrected chi connectivity index (χ2v) is 7.22. The molecule has 1 aromatic carbocycles. The molecule has 1 saturated heterocycles. The summed E-state index contributed by atoms with van der Waals surface area (Å²) in [6.45, 7) is 9.11. The van der Waals surface area contributed by atoms with Crippen LogP contribution in [0.15, 0.2) is 18.2 Å². The molecule has 26 heavy (non-hydrogen) atoms. The van der Waals surface area contributed by atoms with Crippen molar-refractivity contribution in [2.24, 2.45) is 0 Å². The topological polar surface area (TPSA) is 85.5 Å². The maximum absolute atomic E-state index is 12.0. The molecular formula is C18H28N4O4+2. The lowest BCUT2D eigenvalue weighted by Crippen LogP contribution is -3.28. The molecule has 142 valence electrons. The molecule has 2 aliphatic heterocycles. The first kappa shape index (κ1) is 18.5. The Labute approximate surface area is 153 Å². The monoisotopic (exact) mass is 364 g/mol. The molecule has 4 N–H and O–H groups in total. The van der Waals surface area contributed by atoms with Gasteiger partial charge in [0.1, 0.15) is 32.7 Å². The number of quaternary nitrogens is 2. The first-order chi connectivity index (χ1) is 12.5. The second kappa shape index (κ2) is 8.37. The molecule has 3 amide bonds. The van der Waals surface area contributed by atoms with Crippen molar-refractivity contribution in [3.63, 3.8) is 0 Å². The first-order valence-corrected chi connectivity index (χ1v) is 9.15. The Bertz CT molecular complexity index is 657. The summed E-state index contributed by atoms with van der Waals surface area (Å²) in [4.78, 5) is 26.2. The highest BCUT2D eigenvalue weighted by Gasteiger charge is 2.26. The van der Waals surface area contributed by atoms with Gasteiger partial charge in [0.15, 0.2) is 18.0 Å². The zero-order chi connectivity index (χ0) is 18.5. The molecular weight excluding hydrogens is 336 g/mol. The van der Waals surface area contributed by atoms with Gasteiger partial charge in [-0.3, -0.25) is 10.1 Å². The predicted molar refractivity (Wildman–Crippen MR) is 94.3 cm³/mol. The Morgan fingerprint density at radius 3 is 2.50 bits per heavy atom. The smallest absolute Gasteiger partial charge is 0.321 e. The number of piperazine rings is 1. The summed E-state index contributed by atoms with van der Waals surface area (Å²) in [7, 11) is 0. The quantitative estimate of drug-likeness (QED) is 0.484. The van der Waals surface area contributed by atoms with Crippen LogP contribution in [0.4, 0.5) is 4.79 Å². The number of carbonyl (C=O) groups is 2. The van der Waals surface area contributed by atoms with Gasteiger partial charge in [-0.2, -0.15) is 0 Å². The summed E-state index contributed by atoms with van der Waals surface area (Å²) >= 11 is 0. The van der Waals surface area contributed by atoms with Gasteiger partial charge >= 0.3 is 6.03 Å². The van der Waals surface area contributed by atoms with E-state index in [0.717, 1.165) is 44.2 Å². The average Bonchev–Trinajstić information content (AvgIpc) is 3.03. The average molecular weight is 364 g/mol. The molecule has 1 fully saturated rings. The third-order valence-electron chi connectivity index (χ3n) is 4.64. The molecule has 0 unspecified atom stereocenters. The van der Waals surface area contributed by atoms with Crippen LogP contribution in [-0.2, 0) is 11.3 Å². The largest absolute Gasteiger partial charge is 0.454 e. The van der Waals surface area contributed by atoms with Gasteiger partial charge in [0.2, 0.25) is 6.79 Å². The van der Waals surface area contributed by atoms with E-state index in [1.54, 1.807) is 0 Å². The Morgan fingerprint density at radius 2 is 1.77 bits per heavy atom. The summed E-state index contributed by atoms with van der Waals surface area (Å²) in [5, 5.41) is 5.05. The number of carbonyl (C=O) groups excluding carboxylic acids is 2. The number of nitrogens with one attached hydrogen (secondary N) is 4. The molecule has 0 aromatic heterocycles. The standard InChI is InChI=1S/C18H26N4O4/c1-13(2)19-18(24)20-17(23)11-22-7-5-21(6-8-22)10-14-3-4-15-16(9-14)26-12-25-15/h3-4,9,13H,5-8,10-12H2,1-2H3,(H2,19,20,23,24)/p+2. The van der Waals surface area contributed by atoms with Gasteiger partial charge in [0.25, 0.3) is 5.91 Å². The number of urea groups is 1. The fraction of sp³-hybridized carbons (Fsp3) is 0.556. The first-order valence-electron chi connectivity index (χ1n) is 9.15. The van der Waals surface area contributed by atoms with Gasteiger partial charge in [-0.15, -0.1) is 0 Å². The molecule has 2 aliphatic rings. The second-order valence-electron chi connectivity index (χ2n) is 7.22. The van der Waals surface area contributed by atoms with Gasteiger partial charge in [-0.1, -0.05) is 0 Å². The Morgan fingerprint density at radius 1 is 1.08 bits per heavy atom. The van der Waals surface area contributed by atoms with E-state index in [1.165, 1.54) is 15.4 Å². The van der Waals surface area contributed by atoms with Crippen molar-refractivity contribution >= 4 is 11.9 Å². The highest BCUT2D eigenvalue weighted by molar-refractivity contribution is 5.94. The van der Waals surface area contributed by atoms with Gasteiger partial charge in [0, 0.05) is 11.6 Å². The number of hydrogen-bond acceptors (Lipinski definition) is 4. The Kier molecular flexibility index (Phi) is 5.95. The maximum atomic E-state index is 12.0. The molecule has 0 radical (unpaired) electrons. The fourth-order valence-corrected chi connectivity index (χ4v) is 3.35. The lowest BCUT2D eigenvalue weighted by molar-refractivity contribution is -1.02. The van der Waals surface area contributed by atoms with Gasteiger partial charge in [-0.25, -0.2) is 4.79 Å². The van der Waals surface area contributed by atoms with E-state index in [-0.39, 0.29) is 11.9 Å². The summed E-state index contributed by atoms with van der Waals surface area (Å²) in [5.74, 6) is 1.41. The molecule has 0 aliphatic carbocycles. The Hall–Kier alpha value is -2.32. The van der Waals surface area contributed by atoms with Crippen LogP contribution in [-0.4, -0.2) is 57.5 Å². The zero-order valence-electron chi connectivity index (χ0n) is 15.4. The van der Waals surface area contributed by atoms with E-state index < -0.39 is 6.03 Å². The number of ether oxygens (including phenoxy) is 2. The van der Waals surface area contributed by atoms with E-state index in [0.29, 0.717) is 13.3 Å². The Balaban J connectivity index is 1.40. The van der Waals surface area contributed by atoms with Crippen LogP contribution in [0.1, 0.15) is 19.4 Å². The number of rotatable bonds is 5. The minimum atomic E-state index is -0.420. The molecule has 2 heterocycles. The fourth-order valence-electron chi connectivity index (χ4n) is 3.35. The van der Waals surface area contributed by atoms with Crippen molar-refractivity contribution in [3.05, 3.63) is 23.8 Å². The molecule has 0 atom stereocenters. The van der Waals surface area contributed by atoms with Gasteiger partial charge in [-0.05, 0) is 32.0 Å². The number of fused-ring (bicyclic) bond motifs is 1. The number of hydrogen-bond donors (Lipinski definition) is 4. The number of benzene rings is 1. The van der Waals surface area contributed by atoms with Crippen molar-refractivity contribution in [1.29, 1.82) is 0 Å². The van der Waals surface area contributed by atoms with Crippen LogP contribution in [0.5, 0.6) is 11.5 Å². The molecule has 8 nitrogen and oxygen atoms in total. The molecule has 0 saturated carbocycles. The highest BCUT2D eigenvalue weighted by atomic mass is 16.7. The van der Waals surface area contributed by atoms with E-state index in [2.05, 4.69) is 22.8 Å². The third kappa shape index (κ3) is 5.09. The van der Waals surface area contributed by atoms with Crippen molar-refractivity contribution in [1.82, 2.24) is 10.6 Å². The summed E-state index contributed by atoms with van der Waals surface area (Å²) < 4.78 is 10.8. The lowest BCUT2D eigenvalue weighted by Gasteiger charge is -2.29. The maximum Gasteiger partial charge on any atom is 0.321 e. The molecule has 3 rings (SSSR count). The van der Waals surface area contributed by atoms with Crippen LogP contribution in [0.25, 0.3) is 0 Å². The normalized spacial score (nSPS) is 21.5. The van der Waals surface area contributed by atoms with Crippen LogP contribution in [0.2, 0.25) is 0 Å². The number of imide groups is 1. The minimum absolute atomic E-state index is 0.0125. The highest BCUT2D eigenvalue weighted by Crippen LogP contribution is 2.32. The lowest BCUT2D eigenvalue weighted by atomic mass is 10.1. The summed E-state index contributed by atoms with van der Waals surface area (Å²) in [6.07, 6.45) is 0. The van der Waals surface area contributed by atoms with E-state index in [9.17, 15) is 9.59 Å². The van der Waals surface area contributed by atoms with Crippen molar-refractivity contribution in [2.45, 2.75) is 26.4 Å². The van der Waals surface area contributed by atoms with E-state index in [4.69, 9.17) is 9.47 Å². The van der Waals surface area contributed by atoms with Gasteiger partial charge in [0.05, 0.1) is 0 Å². The van der Waals surface area contributed by atoms with Crippen LogP contribution in [0.3, 0.4) is 0 Å². The van der Waals surface area contributed by atoms with Crippen LogP contribution < -0.4 is 29.9 Å². The molecule has 1 aromatic rings. The summed E-state index contributed by atoms with van der Waals surface area (Å²) in [6, 6.07) is 5.69. The SMILES string of the molecule is CC(C)NC(=O)NC(=O)C[NH+]1CC[NH+](Cc2ccc3c(c2)OCO3)CC1. The summed E-state index contributed by atoms with van der Waals surface area (Å²) in [5.41, 5.74) is 1.23. The zero-order valence-corrected chi connectivity index (χ0v) is 15.4. The van der Waals surface area contributed by atoms with Crippen molar-refractivity contribution in [2.75, 3.05) is 39.5 Å². The minimum Gasteiger partial charge on any atom is -0.454 e. The third-order valence-corrected chi connectivity index (χ3v) is 4.64. The van der Waals surface area contributed by atoms with Crippen LogP contribution in [0, 0.1) is 0 Å². The van der Waals surface area contributed by atoms with Gasteiger partial charge < -0.3 is 24.6 Å². The van der Waals surface area contributed by atoms with Crippen LogP contribution >= 0.6 is 0 Å². The molecule has 8 heteroatoms. The number of amides is 3. The van der Waals surface area contributed by atoms with E-state index >= 15 is 0 Å². The molecule has 0 spiro atoms.